The Morgan fingerprint density at radius 1 is 0.362 bits per heavy atom. The molecular weight excluding hydrogens is 707 g/mol. The summed E-state index contributed by atoms with van der Waals surface area (Å²) in [6.07, 6.45) is 0. The first-order chi connectivity index (χ1) is 28.5. The molecule has 10 aromatic rings. The Hall–Kier alpha value is -7.43. The van der Waals surface area contributed by atoms with Crippen LogP contribution in [0.2, 0.25) is 0 Å². The third-order valence-electron chi connectivity index (χ3n) is 11.7. The molecule has 0 bridgehead atoms. The number of fused-ring (bicyclic) bond motifs is 6. The van der Waals surface area contributed by atoms with E-state index in [1.807, 2.05) is 18.2 Å². The first kappa shape index (κ1) is 33.9. The standard InChI is InChI=1S/C54H37N3O/c1-54(2)45-26-10-9-23-42(45)49-44(25-13-27-46(49)54)53-56-51(35-17-7-4-8-18-35)55-52(57-53)40-22-12-20-37(32-40)38-29-30-43-48(33-38)58-47-28-14-24-41(50(43)47)39-21-11-19-36(31-39)34-15-5-3-6-16-34/h3-33H,1-2H3. The Labute approximate surface area is 337 Å². The van der Waals surface area contributed by atoms with Crippen molar-refractivity contribution in [2.45, 2.75) is 19.3 Å². The van der Waals surface area contributed by atoms with Crippen LogP contribution in [0.5, 0.6) is 0 Å². The van der Waals surface area contributed by atoms with Crippen LogP contribution in [0.4, 0.5) is 0 Å². The fraction of sp³-hybridized carbons (Fsp3) is 0.0556. The van der Waals surface area contributed by atoms with Crippen molar-refractivity contribution in [3.63, 3.8) is 0 Å². The van der Waals surface area contributed by atoms with Crippen LogP contribution in [0.25, 0.3) is 101 Å². The van der Waals surface area contributed by atoms with Gasteiger partial charge in [-0.15, -0.1) is 0 Å². The Kier molecular flexibility index (Phi) is 7.80. The van der Waals surface area contributed by atoms with Crippen molar-refractivity contribution < 1.29 is 4.42 Å². The minimum atomic E-state index is -0.135. The van der Waals surface area contributed by atoms with Crippen LogP contribution in [0, 0.1) is 0 Å². The summed E-state index contributed by atoms with van der Waals surface area (Å²) in [6, 6.07) is 66.0. The maximum atomic E-state index is 6.58. The van der Waals surface area contributed by atoms with E-state index in [0.717, 1.165) is 60.9 Å². The van der Waals surface area contributed by atoms with Gasteiger partial charge in [-0.2, -0.15) is 0 Å². The Balaban J connectivity index is 1.01. The SMILES string of the molecule is CC1(C)c2ccccc2-c2c(-c3nc(-c4ccccc4)nc(-c4cccc(-c5ccc6c(c5)oc5cccc(-c7cccc(-c8ccccc8)c7)c56)c4)n3)cccc21. The lowest BCUT2D eigenvalue weighted by atomic mass is 9.82. The van der Waals surface area contributed by atoms with Gasteiger partial charge in [-0.3, -0.25) is 0 Å². The Bertz CT molecular complexity index is 3200. The predicted octanol–water partition coefficient (Wildman–Crippen LogP) is 14.1. The van der Waals surface area contributed by atoms with Gasteiger partial charge in [0.05, 0.1) is 0 Å². The summed E-state index contributed by atoms with van der Waals surface area (Å²) in [5, 5.41) is 2.21. The van der Waals surface area contributed by atoms with E-state index in [1.54, 1.807) is 0 Å². The predicted molar refractivity (Wildman–Crippen MR) is 237 cm³/mol. The maximum absolute atomic E-state index is 6.58. The van der Waals surface area contributed by atoms with Crippen molar-refractivity contribution in [2.24, 2.45) is 0 Å². The molecule has 0 amide bonds. The molecule has 4 heteroatoms. The van der Waals surface area contributed by atoms with Gasteiger partial charge in [-0.25, -0.2) is 15.0 Å². The van der Waals surface area contributed by atoms with Crippen molar-refractivity contribution in [1.82, 2.24) is 15.0 Å². The summed E-state index contributed by atoms with van der Waals surface area (Å²) in [4.78, 5) is 15.5. The van der Waals surface area contributed by atoms with Gasteiger partial charge in [0.1, 0.15) is 11.2 Å². The number of nitrogens with zero attached hydrogens (tertiary/aromatic N) is 3. The molecule has 0 N–H and O–H groups in total. The van der Waals surface area contributed by atoms with E-state index in [4.69, 9.17) is 19.4 Å². The summed E-state index contributed by atoms with van der Waals surface area (Å²) < 4.78 is 6.58. The average molecular weight is 744 g/mol. The van der Waals surface area contributed by atoms with Crippen molar-refractivity contribution in [3.05, 3.63) is 199 Å². The lowest BCUT2D eigenvalue weighted by Gasteiger charge is -2.21. The highest BCUT2D eigenvalue weighted by atomic mass is 16.3. The molecule has 4 nitrogen and oxygen atoms in total. The fourth-order valence-corrected chi connectivity index (χ4v) is 8.86. The number of hydrogen-bond donors (Lipinski definition) is 0. The number of hydrogen-bond acceptors (Lipinski definition) is 4. The molecular formula is C54H37N3O. The minimum Gasteiger partial charge on any atom is -0.456 e. The van der Waals surface area contributed by atoms with E-state index < -0.39 is 0 Å². The molecule has 274 valence electrons. The second kappa shape index (κ2) is 13.4. The Morgan fingerprint density at radius 3 is 1.71 bits per heavy atom. The summed E-state index contributed by atoms with van der Waals surface area (Å²) in [5.74, 6) is 1.93. The lowest BCUT2D eigenvalue weighted by molar-refractivity contribution is 0.660. The van der Waals surface area contributed by atoms with Gasteiger partial charge in [0, 0.05) is 32.9 Å². The first-order valence-corrected chi connectivity index (χ1v) is 19.8. The van der Waals surface area contributed by atoms with Gasteiger partial charge in [0.25, 0.3) is 0 Å². The van der Waals surface area contributed by atoms with Gasteiger partial charge >= 0.3 is 0 Å². The normalized spacial score (nSPS) is 12.8. The molecule has 0 atom stereocenters. The van der Waals surface area contributed by atoms with E-state index in [1.165, 1.54) is 33.4 Å². The minimum absolute atomic E-state index is 0.135. The van der Waals surface area contributed by atoms with Crippen molar-refractivity contribution in [1.29, 1.82) is 0 Å². The lowest BCUT2D eigenvalue weighted by Crippen LogP contribution is -2.14. The third kappa shape index (κ3) is 5.56. The largest absolute Gasteiger partial charge is 0.456 e. The van der Waals surface area contributed by atoms with Crippen molar-refractivity contribution in [3.8, 4) is 78.7 Å². The smallest absolute Gasteiger partial charge is 0.164 e. The number of rotatable bonds is 6. The zero-order valence-electron chi connectivity index (χ0n) is 32.1. The van der Waals surface area contributed by atoms with Crippen molar-refractivity contribution in [2.75, 3.05) is 0 Å². The van der Waals surface area contributed by atoms with E-state index in [0.29, 0.717) is 17.5 Å². The maximum Gasteiger partial charge on any atom is 0.164 e. The summed E-state index contributed by atoms with van der Waals surface area (Å²) >= 11 is 0. The zero-order chi connectivity index (χ0) is 38.8. The highest BCUT2D eigenvalue weighted by Gasteiger charge is 2.37. The second-order valence-corrected chi connectivity index (χ2v) is 15.6. The second-order valence-electron chi connectivity index (χ2n) is 15.6. The Morgan fingerprint density at radius 2 is 0.897 bits per heavy atom. The van der Waals surface area contributed by atoms with Gasteiger partial charge in [-0.1, -0.05) is 172 Å². The molecule has 0 saturated carbocycles. The highest BCUT2D eigenvalue weighted by molar-refractivity contribution is 6.13. The molecule has 58 heavy (non-hydrogen) atoms. The van der Waals surface area contributed by atoms with E-state index in [-0.39, 0.29) is 5.41 Å². The molecule has 0 aliphatic heterocycles. The summed E-state index contributed by atoms with van der Waals surface area (Å²) in [6.45, 7) is 4.60. The molecule has 1 aliphatic carbocycles. The topological polar surface area (TPSA) is 51.8 Å². The molecule has 0 fully saturated rings. The van der Waals surface area contributed by atoms with Crippen LogP contribution >= 0.6 is 0 Å². The number of furan rings is 1. The van der Waals surface area contributed by atoms with Crippen LogP contribution < -0.4 is 0 Å². The quantitative estimate of drug-likeness (QED) is 0.170. The molecule has 0 saturated heterocycles. The van der Waals surface area contributed by atoms with Crippen LogP contribution in [0.15, 0.2) is 192 Å². The highest BCUT2D eigenvalue weighted by Crippen LogP contribution is 2.51. The number of benzene rings is 8. The molecule has 8 aromatic carbocycles. The molecule has 2 heterocycles. The molecule has 11 rings (SSSR count). The first-order valence-electron chi connectivity index (χ1n) is 19.8. The van der Waals surface area contributed by atoms with Gasteiger partial charge < -0.3 is 4.42 Å². The van der Waals surface area contributed by atoms with Crippen LogP contribution in [-0.2, 0) is 5.41 Å². The monoisotopic (exact) mass is 743 g/mol. The average Bonchev–Trinajstić information content (AvgIpc) is 3.78. The molecule has 0 unspecified atom stereocenters. The fourth-order valence-electron chi connectivity index (χ4n) is 8.86. The summed E-state index contributed by atoms with van der Waals surface area (Å²) in [5.41, 5.74) is 16.3. The number of aromatic nitrogens is 3. The molecule has 1 aliphatic rings. The van der Waals surface area contributed by atoms with Crippen molar-refractivity contribution >= 4 is 21.9 Å². The molecule has 0 spiro atoms. The van der Waals surface area contributed by atoms with Gasteiger partial charge in [0.15, 0.2) is 17.5 Å². The summed E-state index contributed by atoms with van der Waals surface area (Å²) in [7, 11) is 0. The molecule has 0 radical (unpaired) electrons. The van der Waals surface area contributed by atoms with E-state index in [2.05, 4.69) is 184 Å². The van der Waals surface area contributed by atoms with E-state index >= 15 is 0 Å². The zero-order valence-corrected chi connectivity index (χ0v) is 32.1. The van der Waals surface area contributed by atoms with E-state index in [9.17, 15) is 0 Å². The molecule has 2 aromatic heterocycles. The van der Waals surface area contributed by atoms with Crippen LogP contribution in [0.1, 0.15) is 25.0 Å². The van der Waals surface area contributed by atoms with Gasteiger partial charge in [0.2, 0.25) is 0 Å². The third-order valence-corrected chi connectivity index (χ3v) is 11.7. The van der Waals surface area contributed by atoms with Gasteiger partial charge in [-0.05, 0) is 86.0 Å². The van der Waals surface area contributed by atoms with Crippen LogP contribution in [-0.4, -0.2) is 15.0 Å². The van der Waals surface area contributed by atoms with Crippen LogP contribution in [0.3, 0.4) is 0 Å².